The molecule has 4 rings (SSSR count). The molecule has 0 aliphatic carbocycles. The number of aliphatic hydroxyl groups is 1. The average molecular weight is 481 g/mol. The molecule has 3 heterocycles. The van der Waals surface area contributed by atoms with Crippen LogP contribution in [0.3, 0.4) is 0 Å². The highest BCUT2D eigenvalue weighted by atomic mass is 32.1. The number of nitrogens with two attached hydrogens (primary N) is 1. The molecule has 2 aromatic heterocycles. The van der Waals surface area contributed by atoms with Crippen molar-refractivity contribution in [2.45, 2.75) is 44.8 Å². The van der Waals surface area contributed by atoms with Crippen LogP contribution < -0.4 is 10.5 Å². The van der Waals surface area contributed by atoms with Crippen LogP contribution in [0.15, 0.2) is 36.7 Å². The highest BCUT2D eigenvalue weighted by Crippen LogP contribution is 2.36. The molecule has 1 aromatic carbocycles. The number of anilines is 1. The summed E-state index contributed by atoms with van der Waals surface area (Å²) in [5, 5.41) is 10.9. The minimum absolute atomic E-state index is 0.0251. The number of nitrogen functional groups attached to an aromatic ring is 1. The molecule has 0 bridgehead atoms. The summed E-state index contributed by atoms with van der Waals surface area (Å²) in [6.07, 6.45) is 5.81. The monoisotopic (exact) mass is 480 g/mol. The summed E-state index contributed by atoms with van der Waals surface area (Å²) >= 11 is 1.67. The highest BCUT2D eigenvalue weighted by molar-refractivity contribution is 7.15. The van der Waals surface area contributed by atoms with E-state index in [2.05, 4.69) is 33.8 Å². The largest absolute Gasteiger partial charge is 0.485 e. The fraction of sp³-hybridized carbons (Fsp3) is 0.385. The minimum atomic E-state index is -1.13. The standard InChI is InChI=1S/C26H29FN4O2S/c1-26(2,32)9-6-17-4-5-21(27)20(12-17)16-33-22-13-19(14-29-24(22)28)23-15-30-25(34-23)18-7-10-31(3)11-8-18/h4-5,12-15,18,32H,7-8,10-11,16H2,1-3H3,(H2,28,29). The molecule has 3 aromatic rings. The van der Waals surface area contributed by atoms with E-state index in [4.69, 9.17) is 10.5 Å². The number of ether oxygens (including phenoxy) is 1. The lowest BCUT2D eigenvalue weighted by Gasteiger charge is -2.27. The molecule has 34 heavy (non-hydrogen) atoms. The van der Waals surface area contributed by atoms with Crippen molar-refractivity contribution in [1.29, 1.82) is 0 Å². The van der Waals surface area contributed by atoms with Crippen LogP contribution in [0.1, 0.15) is 48.7 Å². The van der Waals surface area contributed by atoms with Crippen molar-refractivity contribution in [2.24, 2.45) is 0 Å². The van der Waals surface area contributed by atoms with Gasteiger partial charge in [-0.15, -0.1) is 11.3 Å². The van der Waals surface area contributed by atoms with Crippen molar-refractivity contribution < 1.29 is 14.2 Å². The number of nitrogens with zero attached hydrogens (tertiary/aromatic N) is 3. The van der Waals surface area contributed by atoms with Gasteiger partial charge in [0.2, 0.25) is 0 Å². The van der Waals surface area contributed by atoms with E-state index in [9.17, 15) is 9.50 Å². The van der Waals surface area contributed by atoms with Gasteiger partial charge in [0.15, 0.2) is 11.6 Å². The number of thiazole rings is 1. The first-order valence-corrected chi connectivity index (χ1v) is 12.1. The maximum atomic E-state index is 14.4. The van der Waals surface area contributed by atoms with Crippen LogP contribution in [-0.4, -0.2) is 45.7 Å². The van der Waals surface area contributed by atoms with Gasteiger partial charge in [0, 0.05) is 35.0 Å². The Kier molecular flexibility index (Phi) is 7.17. The lowest BCUT2D eigenvalue weighted by molar-refractivity contribution is 0.143. The second-order valence-electron chi connectivity index (χ2n) is 9.15. The van der Waals surface area contributed by atoms with Crippen LogP contribution in [0.2, 0.25) is 0 Å². The highest BCUT2D eigenvalue weighted by Gasteiger charge is 2.21. The van der Waals surface area contributed by atoms with E-state index < -0.39 is 11.4 Å². The molecule has 1 aliphatic heterocycles. The van der Waals surface area contributed by atoms with Crippen LogP contribution in [0, 0.1) is 17.7 Å². The lowest BCUT2D eigenvalue weighted by atomic mass is 9.98. The van der Waals surface area contributed by atoms with E-state index in [0.717, 1.165) is 41.4 Å². The molecule has 8 heteroatoms. The van der Waals surface area contributed by atoms with Crippen molar-refractivity contribution in [3.63, 3.8) is 0 Å². The summed E-state index contributed by atoms with van der Waals surface area (Å²) < 4.78 is 20.2. The van der Waals surface area contributed by atoms with Crippen molar-refractivity contribution in [3.8, 4) is 28.0 Å². The number of piperidine rings is 1. The Balaban J connectivity index is 1.49. The van der Waals surface area contributed by atoms with Crippen LogP contribution in [0.5, 0.6) is 5.75 Å². The van der Waals surface area contributed by atoms with Crippen LogP contribution in [0.25, 0.3) is 10.4 Å². The van der Waals surface area contributed by atoms with Crippen LogP contribution in [0.4, 0.5) is 10.2 Å². The molecule has 0 saturated carbocycles. The topological polar surface area (TPSA) is 84.5 Å². The van der Waals surface area contributed by atoms with Gasteiger partial charge in [-0.1, -0.05) is 11.8 Å². The summed E-state index contributed by atoms with van der Waals surface area (Å²) in [4.78, 5) is 12.3. The molecule has 1 saturated heterocycles. The molecular formula is C26H29FN4O2S. The number of rotatable bonds is 5. The summed E-state index contributed by atoms with van der Waals surface area (Å²) in [6, 6.07) is 6.34. The maximum Gasteiger partial charge on any atom is 0.166 e. The van der Waals surface area contributed by atoms with Crippen LogP contribution >= 0.6 is 11.3 Å². The fourth-order valence-corrected chi connectivity index (χ4v) is 4.78. The lowest BCUT2D eigenvalue weighted by Crippen LogP contribution is -2.29. The SMILES string of the molecule is CN1CCC(c2ncc(-c3cnc(N)c(OCc4cc(C#CC(C)(C)O)ccc4F)c3)s2)CC1. The smallest absolute Gasteiger partial charge is 0.166 e. The van der Waals surface area contributed by atoms with Crippen molar-refractivity contribution in [1.82, 2.24) is 14.9 Å². The van der Waals surface area contributed by atoms with E-state index >= 15 is 0 Å². The molecule has 0 unspecified atom stereocenters. The zero-order valence-electron chi connectivity index (χ0n) is 19.6. The summed E-state index contributed by atoms with van der Waals surface area (Å²) in [5.74, 6) is 6.30. The predicted octanol–water partition coefficient (Wildman–Crippen LogP) is 4.44. The van der Waals surface area contributed by atoms with Crippen molar-refractivity contribution in [2.75, 3.05) is 25.9 Å². The Morgan fingerprint density at radius 2 is 2.00 bits per heavy atom. The van der Waals surface area contributed by atoms with Gasteiger partial charge in [-0.2, -0.15) is 0 Å². The molecule has 3 N–H and O–H groups in total. The number of hydrogen-bond donors (Lipinski definition) is 2. The Bertz CT molecular complexity index is 1220. The normalized spacial score (nSPS) is 15.1. The van der Waals surface area contributed by atoms with Gasteiger partial charge in [0.25, 0.3) is 0 Å². The van der Waals surface area contributed by atoms with Gasteiger partial charge in [-0.25, -0.2) is 14.4 Å². The Morgan fingerprint density at radius 3 is 2.74 bits per heavy atom. The van der Waals surface area contributed by atoms with Crippen molar-refractivity contribution >= 4 is 17.2 Å². The van der Waals surface area contributed by atoms with E-state index in [1.54, 1.807) is 43.5 Å². The Hall–Kier alpha value is -2.99. The summed E-state index contributed by atoms with van der Waals surface area (Å²) in [6.45, 7) is 5.33. The molecule has 1 aliphatic rings. The van der Waals surface area contributed by atoms with Gasteiger partial charge in [-0.05, 0) is 71.1 Å². The van der Waals surface area contributed by atoms with Crippen LogP contribution in [-0.2, 0) is 6.61 Å². The number of aromatic nitrogens is 2. The summed E-state index contributed by atoms with van der Waals surface area (Å²) in [7, 11) is 2.15. The second kappa shape index (κ2) is 10.1. The zero-order valence-corrected chi connectivity index (χ0v) is 20.5. The number of hydrogen-bond acceptors (Lipinski definition) is 7. The number of pyridine rings is 1. The third kappa shape index (κ3) is 6.11. The van der Waals surface area contributed by atoms with E-state index in [-0.39, 0.29) is 12.4 Å². The maximum absolute atomic E-state index is 14.4. The molecule has 178 valence electrons. The van der Waals surface area contributed by atoms with Gasteiger partial charge < -0.3 is 20.5 Å². The minimum Gasteiger partial charge on any atom is -0.485 e. The van der Waals surface area contributed by atoms with Crippen molar-refractivity contribution in [3.05, 3.63) is 58.6 Å². The second-order valence-corrected chi connectivity index (χ2v) is 10.2. The van der Waals surface area contributed by atoms with E-state index in [1.807, 2.05) is 12.3 Å². The third-order valence-electron chi connectivity index (χ3n) is 5.70. The molecule has 0 spiro atoms. The predicted molar refractivity (Wildman–Crippen MR) is 133 cm³/mol. The van der Waals surface area contributed by atoms with Gasteiger partial charge >= 0.3 is 0 Å². The molecule has 6 nitrogen and oxygen atoms in total. The molecule has 0 radical (unpaired) electrons. The first-order valence-electron chi connectivity index (χ1n) is 11.2. The van der Waals surface area contributed by atoms with E-state index in [0.29, 0.717) is 22.8 Å². The molecule has 0 amide bonds. The average Bonchev–Trinajstić information content (AvgIpc) is 3.29. The van der Waals surface area contributed by atoms with E-state index in [1.165, 1.54) is 6.07 Å². The Labute approximate surface area is 203 Å². The molecule has 0 atom stereocenters. The number of likely N-dealkylation sites (tertiary alicyclic amines) is 1. The fourth-order valence-electron chi connectivity index (χ4n) is 3.71. The molecular weight excluding hydrogens is 451 g/mol. The van der Waals surface area contributed by atoms with Gasteiger partial charge in [-0.3, -0.25) is 0 Å². The summed E-state index contributed by atoms with van der Waals surface area (Å²) in [5.41, 5.74) is 6.70. The number of halogens is 1. The van der Waals surface area contributed by atoms with Gasteiger partial charge in [0.1, 0.15) is 18.0 Å². The zero-order chi connectivity index (χ0) is 24.3. The first-order chi connectivity index (χ1) is 16.2. The molecule has 1 fully saturated rings. The number of benzene rings is 1. The quantitative estimate of drug-likeness (QED) is 0.526. The van der Waals surface area contributed by atoms with Gasteiger partial charge in [0.05, 0.1) is 9.88 Å². The first kappa shape index (κ1) is 24.1. The Morgan fingerprint density at radius 1 is 1.24 bits per heavy atom. The third-order valence-corrected chi connectivity index (χ3v) is 6.91.